The third-order valence-corrected chi connectivity index (χ3v) is 3.59. The molecule has 2 rings (SSSR count). The fourth-order valence-electron chi connectivity index (χ4n) is 1.79. The number of hydrogen-bond acceptors (Lipinski definition) is 3. The van der Waals surface area contributed by atoms with Crippen LogP contribution >= 0.6 is 11.3 Å². The number of thiophene rings is 1. The Morgan fingerprint density at radius 3 is 2.81 bits per heavy atom. The largest absolute Gasteiger partial charge is 0.462 e. The van der Waals surface area contributed by atoms with E-state index in [-0.39, 0.29) is 5.97 Å². The quantitative estimate of drug-likeness (QED) is 0.741. The van der Waals surface area contributed by atoms with Gasteiger partial charge in [0, 0.05) is 15.0 Å². The Balaban J connectivity index is 2.62. The van der Waals surface area contributed by atoms with Gasteiger partial charge in [0.1, 0.15) is 0 Å². The number of rotatable bonds is 2. The van der Waals surface area contributed by atoms with Crippen molar-refractivity contribution in [3.05, 3.63) is 34.2 Å². The summed E-state index contributed by atoms with van der Waals surface area (Å²) in [5.41, 5.74) is 1.89. The number of ether oxygens (including phenoxy) is 1. The minimum absolute atomic E-state index is 0.211. The zero-order valence-electron chi connectivity index (χ0n) is 9.66. The minimum atomic E-state index is -0.211. The highest BCUT2D eigenvalue weighted by atomic mass is 32.1. The summed E-state index contributed by atoms with van der Waals surface area (Å²) in [6, 6.07) is 6.17. The van der Waals surface area contributed by atoms with Crippen LogP contribution in [-0.4, -0.2) is 12.6 Å². The van der Waals surface area contributed by atoms with Crippen LogP contribution in [0.4, 0.5) is 0 Å². The van der Waals surface area contributed by atoms with Crippen molar-refractivity contribution >= 4 is 27.4 Å². The maximum atomic E-state index is 11.8. The topological polar surface area (TPSA) is 26.3 Å². The van der Waals surface area contributed by atoms with E-state index in [1.165, 1.54) is 0 Å². The Bertz CT molecular complexity index is 540. The Morgan fingerprint density at radius 2 is 2.12 bits per heavy atom. The highest BCUT2D eigenvalue weighted by Gasteiger charge is 2.17. The van der Waals surface area contributed by atoms with Gasteiger partial charge in [-0.15, -0.1) is 11.3 Å². The lowest BCUT2D eigenvalue weighted by molar-refractivity contribution is 0.0528. The van der Waals surface area contributed by atoms with E-state index >= 15 is 0 Å². The Morgan fingerprint density at radius 1 is 1.38 bits per heavy atom. The first-order valence-electron chi connectivity index (χ1n) is 5.30. The normalized spacial score (nSPS) is 10.7. The Kier molecular flexibility index (Phi) is 2.97. The monoisotopic (exact) mass is 234 g/mol. The van der Waals surface area contributed by atoms with Crippen molar-refractivity contribution < 1.29 is 9.53 Å². The van der Waals surface area contributed by atoms with E-state index in [4.69, 9.17) is 4.74 Å². The average Bonchev–Trinajstić information content (AvgIpc) is 2.53. The Labute approximate surface area is 98.9 Å². The average molecular weight is 234 g/mol. The molecule has 1 aromatic heterocycles. The predicted octanol–water partition coefficient (Wildman–Crippen LogP) is 3.69. The first-order chi connectivity index (χ1) is 7.63. The maximum Gasteiger partial charge on any atom is 0.339 e. The van der Waals surface area contributed by atoms with E-state index in [9.17, 15) is 4.79 Å². The molecule has 1 aromatic carbocycles. The number of carbonyl (C=O) groups is 1. The lowest BCUT2D eigenvalue weighted by Gasteiger charge is -2.02. The van der Waals surface area contributed by atoms with Crippen LogP contribution < -0.4 is 0 Å². The third-order valence-electron chi connectivity index (χ3n) is 2.50. The summed E-state index contributed by atoms with van der Waals surface area (Å²) in [5.74, 6) is -0.211. The fourth-order valence-corrected chi connectivity index (χ4v) is 2.82. The molecule has 0 fully saturated rings. The second-order valence-electron chi connectivity index (χ2n) is 3.75. The molecule has 1 heterocycles. The molecule has 0 saturated heterocycles. The first kappa shape index (κ1) is 11.1. The summed E-state index contributed by atoms with van der Waals surface area (Å²) >= 11 is 1.64. The third kappa shape index (κ3) is 1.83. The SMILES string of the molecule is CCOC(=O)c1c(C)sc2ccc(C)cc12. The summed E-state index contributed by atoms with van der Waals surface area (Å²) in [5, 5.41) is 1.01. The number of hydrogen-bond donors (Lipinski definition) is 0. The van der Waals surface area contributed by atoms with Gasteiger partial charge in [0.2, 0.25) is 0 Å². The van der Waals surface area contributed by atoms with Crippen molar-refractivity contribution in [3.63, 3.8) is 0 Å². The van der Waals surface area contributed by atoms with Crippen LogP contribution in [0, 0.1) is 13.8 Å². The van der Waals surface area contributed by atoms with Gasteiger partial charge in [0.15, 0.2) is 0 Å². The number of fused-ring (bicyclic) bond motifs is 1. The number of esters is 1. The van der Waals surface area contributed by atoms with Crippen LogP contribution in [0.3, 0.4) is 0 Å². The molecule has 0 radical (unpaired) electrons. The number of carbonyl (C=O) groups excluding carboxylic acids is 1. The molecule has 2 nitrogen and oxygen atoms in total. The van der Waals surface area contributed by atoms with Crippen LogP contribution in [0.25, 0.3) is 10.1 Å². The molecule has 0 aliphatic heterocycles. The van der Waals surface area contributed by atoms with Gasteiger partial charge in [-0.2, -0.15) is 0 Å². The molecule has 0 saturated carbocycles. The molecule has 2 aromatic rings. The zero-order chi connectivity index (χ0) is 11.7. The number of aryl methyl sites for hydroxylation is 2. The van der Waals surface area contributed by atoms with Crippen molar-refractivity contribution in [1.82, 2.24) is 0 Å². The van der Waals surface area contributed by atoms with E-state index in [1.54, 1.807) is 11.3 Å². The summed E-state index contributed by atoms with van der Waals surface area (Å²) < 4.78 is 6.23. The smallest absolute Gasteiger partial charge is 0.339 e. The van der Waals surface area contributed by atoms with Crippen molar-refractivity contribution in [2.75, 3.05) is 6.61 Å². The molecule has 0 aliphatic rings. The molecule has 84 valence electrons. The van der Waals surface area contributed by atoms with E-state index in [0.29, 0.717) is 6.61 Å². The summed E-state index contributed by atoms with van der Waals surface area (Å²) in [7, 11) is 0. The van der Waals surface area contributed by atoms with Crippen molar-refractivity contribution in [2.24, 2.45) is 0 Å². The van der Waals surface area contributed by atoms with Crippen molar-refractivity contribution in [2.45, 2.75) is 20.8 Å². The van der Waals surface area contributed by atoms with Gasteiger partial charge in [0.05, 0.1) is 12.2 Å². The molecule has 16 heavy (non-hydrogen) atoms. The zero-order valence-corrected chi connectivity index (χ0v) is 10.5. The van der Waals surface area contributed by atoms with E-state index in [0.717, 1.165) is 26.1 Å². The minimum Gasteiger partial charge on any atom is -0.462 e. The first-order valence-corrected chi connectivity index (χ1v) is 6.12. The number of benzene rings is 1. The van der Waals surface area contributed by atoms with Crippen LogP contribution in [-0.2, 0) is 4.74 Å². The van der Waals surface area contributed by atoms with E-state index in [2.05, 4.69) is 12.1 Å². The van der Waals surface area contributed by atoms with Gasteiger partial charge in [-0.05, 0) is 32.9 Å². The summed E-state index contributed by atoms with van der Waals surface area (Å²) in [6.07, 6.45) is 0. The molecule has 0 amide bonds. The van der Waals surface area contributed by atoms with Gasteiger partial charge in [-0.3, -0.25) is 0 Å². The standard InChI is InChI=1S/C13H14O2S/c1-4-15-13(14)12-9(3)16-11-6-5-8(2)7-10(11)12/h5-7H,4H2,1-3H3. The summed E-state index contributed by atoms with van der Waals surface area (Å²) in [4.78, 5) is 12.9. The van der Waals surface area contributed by atoms with Crippen molar-refractivity contribution in [1.29, 1.82) is 0 Å². The predicted molar refractivity (Wildman–Crippen MR) is 67.3 cm³/mol. The Hall–Kier alpha value is -1.35. The molecular formula is C13H14O2S. The van der Waals surface area contributed by atoms with Crippen LogP contribution in [0.5, 0.6) is 0 Å². The molecule has 0 unspecified atom stereocenters. The van der Waals surface area contributed by atoms with Gasteiger partial charge >= 0.3 is 5.97 Å². The fraction of sp³-hybridized carbons (Fsp3) is 0.308. The van der Waals surface area contributed by atoms with Crippen LogP contribution in [0.1, 0.15) is 27.7 Å². The lowest BCUT2D eigenvalue weighted by atomic mass is 10.1. The second kappa shape index (κ2) is 4.26. The molecular weight excluding hydrogens is 220 g/mol. The van der Waals surface area contributed by atoms with Crippen LogP contribution in [0.2, 0.25) is 0 Å². The lowest BCUT2D eigenvalue weighted by Crippen LogP contribution is -2.05. The highest BCUT2D eigenvalue weighted by molar-refractivity contribution is 7.19. The van der Waals surface area contributed by atoms with Gasteiger partial charge in [0.25, 0.3) is 0 Å². The van der Waals surface area contributed by atoms with Crippen LogP contribution in [0.15, 0.2) is 18.2 Å². The van der Waals surface area contributed by atoms with E-state index in [1.807, 2.05) is 26.8 Å². The van der Waals surface area contributed by atoms with Gasteiger partial charge in [-0.1, -0.05) is 11.6 Å². The molecule has 0 bridgehead atoms. The second-order valence-corrected chi connectivity index (χ2v) is 5.01. The molecule has 0 N–H and O–H groups in total. The highest BCUT2D eigenvalue weighted by Crippen LogP contribution is 2.31. The van der Waals surface area contributed by atoms with Crippen molar-refractivity contribution in [3.8, 4) is 0 Å². The molecule has 3 heteroatoms. The molecule has 0 atom stereocenters. The van der Waals surface area contributed by atoms with Gasteiger partial charge < -0.3 is 4.74 Å². The van der Waals surface area contributed by atoms with Gasteiger partial charge in [-0.25, -0.2) is 4.79 Å². The maximum absolute atomic E-state index is 11.8. The summed E-state index contributed by atoms with van der Waals surface area (Å²) in [6.45, 7) is 6.24. The van der Waals surface area contributed by atoms with E-state index < -0.39 is 0 Å². The molecule has 0 spiro atoms. The molecule has 0 aliphatic carbocycles.